The Morgan fingerprint density at radius 1 is 0.781 bits per heavy atom. The SMILES string of the molecule is CCCCCCCCCCCCCCOc1cccc(C(=O)N(CC(=O)O)CC(=O)O)c1. The molecule has 0 radical (unpaired) electrons. The van der Waals surface area contributed by atoms with E-state index in [1.54, 1.807) is 12.1 Å². The van der Waals surface area contributed by atoms with Crippen molar-refractivity contribution in [3.8, 4) is 5.75 Å². The average molecular weight is 450 g/mol. The van der Waals surface area contributed by atoms with Crippen molar-refractivity contribution in [3.05, 3.63) is 29.8 Å². The molecule has 0 unspecified atom stereocenters. The molecule has 0 heterocycles. The van der Waals surface area contributed by atoms with Crippen LogP contribution >= 0.6 is 0 Å². The van der Waals surface area contributed by atoms with Gasteiger partial charge >= 0.3 is 11.9 Å². The Hall–Kier alpha value is -2.57. The van der Waals surface area contributed by atoms with Crippen LogP contribution < -0.4 is 4.74 Å². The number of hydrogen-bond donors (Lipinski definition) is 2. The Balaban J connectivity index is 2.25. The first kappa shape index (κ1) is 27.5. The van der Waals surface area contributed by atoms with Crippen LogP contribution in [0.25, 0.3) is 0 Å². The Labute approximate surface area is 191 Å². The Bertz CT molecular complexity index is 675. The molecule has 2 N–H and O–H groups in total. The molecule has 0 aliphatic carbocycles. The minimum Gasteiger partial charge on any atom is -0.494 e. The predicted octanol–water partition coefficient (Wildman–Crippen LogP) is 5.38. The second-order valence-electron chi connectivity index (χ2n) is 8.21. The van der Waals surface area contributed by atoms with Gasteiger partial charge in [-0.15, -0.1) is 0 Å². The number of carboxylic acids is 2. The quantitative estimate of drug-likeness (QED) is 0.275. The topological polar surface area (TPSA) is 104 Å². The van der Waals surface area contributed by atoms with E-state index in [0.717, 1.165) is 17.7 Å². The molecule has 0 saturated carbocycles. The summed E-state index contributed by atoms with van der Waals surface area (Å²) in [5, 5.41) is 17.8. The lowest BCUT2D eigenvalue weighted by atomic mass is 10.1. The van der Waals surface area contributed by atoms with Gasteiger partial charge in [0.1, 0.15) is 18.8 Å². The van der Waals surface area contributed by atoms with Crippen molar-refractivity contribution < 1.29 is 29.3 Å². The molecule has 180 valence electrons. The number of unbranched alkanes of at least 4 members (excludes halogenated alkanes) is 11. The molecule has 0 atom stereocenters. The molecule has 0 bridgehead atoms. The Kier molecular flexibility index (Phi) is 14.6. The third-order valence-corrected chi connectivity index (χ3v) is 5.29. The average Bonchev–Trinajstić information content (AvgIpc) is 2.75. The van der Waals surface area contributed by atoms with Crippen LogP contribution in [0, 0.1) is 0 Å². The zero-order valence-electron chi connectivity index (χ0n) is 19.4. The summed E-state index contributed by atoms with van der Waals surface area (Å²) >= 11 is 0. The second kappa shape index (κ2) is 17.0. The van der Waals surface area contributed by atoms with E-state index in [9.17, 15) is 14.4 Å². The molecular formula is C25H39NO6. The number of benzene rings is 1. The van der Waals surface area contributed by atoms with Gasteiger partial charge in [0.25, 0.3) is 5.91 Å². The molecule has 1 aromatic rings. The molecule has 7 nitrogen and oxygen atoms in total. The largest absolute Gasteiger partial charge is 0.494 e. The van der Waals surface area contributed by atoms with Gasteiger partial charge < -0.3 is 19.8 Å². The summed E-state index contributed by atoms with van der Waals surface area (Å²) in [6.07, 6.45) is 15.2. The molecule has 32 heavy (non-hydrogen) atoms. The van der Waals surface area contributed by atoms with E-state index in [1.165, 1.54) is 76.3 Å². The molecule has 0 aromatic heterocycles. The summed E-state index contributed by atoms with van der Waals surface area (Å²) in [6.45, 7) is 1.44. The van der Waals surface area contributed by atoms with Crippen molar-refractivity contribution in [1.82, 2.24) is 4.90 Å². The molecular weight excluding hydrogens is 410 g/mol. The standard InChI is InChI=1S/C25H39NO6/c1-2-3-4-5-6-7-8-9-10-11-12-13-17-32-22-16-14-15-21(18-22)25(31)26(19-23(27)28)20-24(29)30/h14-16,18H,2-13,17,19-20H2,1H3,(H,27,28)(H,29,30). The number of carbonyl (C=O) groups is 3. The molecule has 1 aromatic carbocycles. The summed E-state index contributed by atoms with van der Waals surface area (Å²) in [5.74, 6) is -2.66. The smallest absolute Gasteiger partial charge is 0.323 e. The first-order valence-electron chi connectivity index (χ1n) is 11.9. The number of carbonyl (C=O) groups excluding carboxylic acids is 1. The highest BCUT2D eigenvalue weighted by atomic mass is 16.5. The van der Waals surface area contributed by atoms with Gasteiger partial charge in [-0.25, -0.2) is 0 Å². The molecule has 0 aliphatic heterocycles. The fourth-order valence-electron chi connectivity index (χ4n) is 3.56. The fourth-order valence-corrected chi connectivity index (χ4v) is 3.56. The van der Waals surface area contributed by atoms with Crippen LogP contribution in [0.5, 0.6) is 5.75 Å². The number of amides is 1. The number of aliphatic carboxylic acids is 2. The maximum Gasteiger partial charge on any atom is 0.323 e. The third kappa shape index (κ3) is 13.0. The van der Waals surface area contributed by atoms with E-state index >= 15 is 0 Å². The van der Waals surface area contributed by atoms with Crippen LogP contribution in [0.15, 0.2) is 24.3 Å². The summed E-state index contributed by atoms with van der Waals surface area (Å²) in [6, 6.07) is 6.43. The van der Waals surface area contributed by atoms with Gasteiger partial charge in [-0.2, -0.15) is 0 Å². The molecule has 1 amide bonds. The van der Waals surface area contributed by atoms with Crippen molar-refractivity contribution >= 4 is 17.8 Å². The molecule has 7 heteroatoms. The third-order valence-electron chi connectivity index (χ3n) is 5.29. The second-order valence-corrected chi connectivity index (χ2v) is 8.21. The highest BCUT2D eigenvalue weighted by molar-refractivity contribution is 5.97. The number of nitrogens with zero attached hydrogens (tertiary/aromatic N) is 1. The van der Waals surface area contributed by atoms with Crippen LogP contribution in [0.4, 0.5) is 0 Å². The first-order chi connectivity index (χ1) is 15.4. The maximum absolute atomic E-state index is 12.5. The summed E-state index contributed by atoms with van der Waals surface area (Å²) < 4.78 is 5.73. The van der Waals surface area contributed by atoms with Crippen molar-refractivity contribution in [2.75, 3.05) is 19.7 Å². The van der Waals surface area contributed by atoms with E-state index < -0.39 is 30.9 Å². The zero-order chi connectivity index (χ0) is 23.6. The molecule has 0 saturated heterocycles. The van der Waals surface area contributed by atoms with Crippen molar-refractivity contribution in [3.63, 3.8) is 0 Å². The Morgan fingerprint density at radius 2 is 1.28 bits per heavy atom. The van der Waals surface area contributed by atoms with E-state index in [-0.39, 0.29) is 5.56 Å². The van der Waals surface area contributed by atoms with E-state index in [0.29, 0.717) is 12.4 Å². The number of hydrogen-bond acceptors (Lipinski definition) is 4. The van der Waals surface area contributed by atoms with Crippen molar-refractivity contribution in [2.45, 2.75) is 84.0 Å². The van der Waals surface area contributed by atoms with Gasteiger partial charge in [0.05, 0.1) is 6.61 Å². The summed E-state index contributed by atoms with van der Waals surface area (Å²) in [4.78, 5) is 35.2. The number of rotatable bonds is 19. The molecule has 0 fully saturated rings. The minimum absolute atomic E-state index is 0.208. The van der Waals surface area contributed by atoms with Gasteiger partial charge in [0.2, 0.25) is 0 Å². The van der Waals surface area contributed by atoms with E-state index in [1.807, 2.05) is 0 Å². The zero-order valence-corrected chi connectivity index (χ0v) is 19.4. The fraction of sp³-hybridized carbons (Fsp3) is 0.640. The van der Waals surface area contributed by atoms with Gasteiger partial charge in [-0.05, 0) is 24.6 Å². The number of ether oxygens (including phenoxy) is 1. The highest BCUT2D eigenvalue weighted by Crippen LogP contribution is 2.16. The molecule has 0 spiro atoms. The van der Waals surface area contributed by atoms with Gasteiger partial charge in [0.15, 0.2) is 0 Å². The lowest BCUT2D eigenvalue weighted by Gasteiger charge is -2.18. The maximum atomic E-state index is 12.5. The van der Waals surface area contributed by atoms with Crippen LogP contribution in [0.1, 0.15) is 94.3 Å². The van der Waals surface area contributed by atoms with Gasteiger partial charge in [0, 0.05) is 5.56 Å². The normalized spacial score (nSPS) is 10.7. The van der Waals surface area contributed by atoms with Gasteiger partial charge in [-0.3, -0.25) is 14.4 Å². The first-order valence-corrected chi connectivity index (χ1v) is 11.9. The Morgan fingerprint density at radius 3 is 1.78 bits per heavy atom. The van der Waals surface area contributed by atoms with Crippen molar-refractivity contribution in [2.24, 2.45) is 0 Å². The predicted molar refractivity (Wildman–Crippen MR) is 124 cm³/mol. The summed E-state index contributed by atoms with van der Waals surface area (Å²) in [5.41, 5.74) is 0.208. The van der Waals surface area contributed by atoms with Crippen LogP contribution in [-0.2, 0) is 9.59 Å². The summed E-state index contributed by atoms with van der Waals surface area (Å²) in [7, 11) is 0. The molecule has 0 aliphatic rings. The lowest BCUT2D eigenvalue weighted by molar-refractivity contribution is -0.140. The van der Waals surface area contributed by atoms with Crippen LogP contribution in [0.2, 0.25) is 0 Å². The monoisotopic (exact) mass is 449 g/mol. The van der Waals surface area contributed by atoms with Crippen LogP contribution in [-0.4, -0.2) is 52.7 Å². The van der Waals surface area contributed by atoms with Gasteiger partial charge in [-0.1, -0.05) is 83.6 Å². The number of carboxylic acid groups (broad SMARTS) is 2. The molecule has 1 rings (SSSR count). The van der Waals surface area contributed by atoms with E-state index in [2.05, 4.69) is 6.92 Å². The van der Waals surface area contributed by atoms with E-state index in [4.69, 9.17) is 14.9 Å². The highest BCUT2D eigenvalue weighted by Gasteiger charge is 2.21. The minimum atomic E-state index is -1.26. The van der Waals surface area contributed by atoms with Crippen LogP contribution in [0.3, 0.4) is 0 Å². The van der Waals surface area contributed by atoms with Crippen molar-refractivity contribution in [1.29, 1.82) is 0 Å². The lowest BCUT2D eigenvalue weighted by Crippen LogP contribution is -2.39.